The van der Waals surface area contributed by atoms with Crippen LogP contribution in [0.3, 0.4) is 0 Å². The highest BCUT2D eigenvalue weighted by molar-refractivity contribution is 5.98. The number of hydrogen-bond acceptors (Lipinski definition) is 8. The maximum Gasteiger partial charge on any atom is 0.408 e. The molecule has 0 aliphatic rings. The molecule has 2 aromatic rings. The topological polar surface area (TPSA) is 260 Å². The van der Waals surface area contributed by atoms with Crippen LogP contribution in [0.1, 0.15) is 86.6 Å². The van der Waals surface area contributed by atoms with Gasteiger partial charge in [0, 0.05) is 35.5 Å². The van der Waals surface area contributed by atoms with Crippen molar-refractivity contribution in [2.75, 3.05) is 6.54 Å². The molecule has 288 valence electrons. The fourth-order valence-corrected chi connectivity index (χ4v) is 5.30. The monoisotopic (exact) mass is 728 g/mol. The average molecular weight is 729 g/mol. The molecule has 0 aliphatic heterocycles. The number of ketones is 1. The lowest BCUT2D eigenvalue weighted by Crippen LogP contribution is -2.59. The predicted octanol–water partition coefficient (Wildman–Crippen LogP) is 2.25. The first-order valence-corrected chi connectivity index (χ1v) is 17.4. The summed E-state index contributed by atoms with van der Waals surface area (Å²) in [5, 5.41) is 20.9. The lowest BCUT2D eigenvalue weighted by Gasteiger charge is -2.31. The van der Waals surface area contributed by atoms with Gasteiger partial charge >= 0.3 is 12.1 Å². The van der Waals surface area contributed by atoms with E-state index < -0.39 is 71.4 Å². The van der Waals surface area contributed by atoms with E-state index in [1.165, 1.54) is 0 Å². The first-order valence-electron chi connectivity index (χ1n) is 17.4. The molecule has 0 saturated carbocycles. The van der Waals surface area contributed by atoms with Gasteiger partial charge in [0.05, 0.1) is 12.5 Å². The number of aliphatic carboxylic acids is 1. The standard InChI is InChI=1S/C36H56N8O8/c1-9-20(2)28(29(47)35(3,4)5)44-32(50)26(18-27(45)46)42-30(48)24(15-12-16-39-33(37)38)41-31(49)25(43-34(51)52-36(6,7)8)17-21-19-40-23-14-11-10-13-22(21)23/h10-11,13-14,19-20,24-26,28,40H,9,12,15-18H2,1-8H3,(H,41,49)(H,42,48)(H,43,51)(H,44,50)(H,45,46)(H4,37,38,39)/t20-,24-,25-,26-,28-/m0/s1. The van der Waals surface area contributed by atoms with Crippen molar-refractivity contribution >= 4 is 52.4 Å². The zero-order valence-corrected chi connectivity index (χ0v) is 31.4. The second-order valence-electron chi connectivity index (χ2n) is 14.9. The summed E-state index contributed by atoms with van der Waals surface area (Å²) in [4.78, 5) is 86.4. The van der Waals surface area contributed by atoms with Gasteiger partial charge < -0.3 is 47.6 Å². The van der Waals surface area contributed by atoms with Gasteiger partial charge in [-0.2, -0.15) is 0 Å². The summed E-state index contributed by atoms with van der Waals surface area (Å²) in [5.74, 6) is -4.58. The summed E-state index contributed by atoms with van der Waals surface area (Å²) >= 11 is 0. The Morgan fingerprint density at radius 3 is 2.06 bits per heavy atom. The molecule has 4 amide bonds. The molecule has 0 saturated heterocycles. The van der Waals surface area contributed by atoms with Gasteiger partial charge in [-0.1, -0.05) is 59.2 Å². The minimum atomic E-state index is -1.59. The van der Waals surface area contributed by atoms with Crippen molar-refractivity contribution in [1.29, 1.82) is 0 Å². The number of carboxylic acids is 1. The van der Waals surface area contributed by atoms with Crippen LogP contribution in [0.25, 0.3) is 10.9 Å². The number of rotatable bonds is 18. The minimum Gasteiger partial charge on any atom is -0.481 e. The number of guanidine groups is 1. The van der Waals surface area contributed by atoms with Crippen molar-refractivity contribution in [2.24, 2.45) is 27.8 Å². The molecule has 5 atom stereocenters. The largest absolute Gasteiger partial charge is 0.481 e. The molecule has 16 heteroatoms. The number of carbonyl (C=O) groups excluding carboxylic acids is 5. The van der Waals surface area contributed by atoms with E-state index >= 15 is 0 Å². The van der Waals surface area contributed by atoms with Crippen LogP contribution >= 0.6 is 0 Å². The van der Waals surface area contributed by atoms with Crippen molar-refractivity contribution in [2.45, 2.75) is 117 Å². The summed E-state index contributed by atoms with van der Waals surface area (Å²) in [5.41, 5.74) is 10.7. The van der Waals surface area contributed by atoms with Gasteiger partial charge in [0.2, 0.25) is 17.7 Å². The number of H-pyrrole nitrogens is 1. The number of alkyl carbamates (subject to hydrolysis) is 1. The molecule has 1 heterocycles. The number of carbonyl (C=O) groups is 6. The Hall–Kier alpha value is -5.15. The molecule has 1 aromatic carbocycles. The maximum absolute atomic E-state index is 13.9. The normalized spacial score (nSPS) is 14.5. The summed E-state index contributed by atoms with van der Waals surface area (Å²) < 4.78 is 5.41. The Balaban J connectivity index is 2.43. The number of fused-ring (bicyclic) bond motifs is 1. The van der Waals surface area contributed by atoms with Crippen LogP contribution in [-0.2, 0) is 35.1 Å². The van der Waals surface area contributed by atoms with E-state index in [0.717, 1.165) is 10.9 Å². The second kappa shape index (κ2) is 18.9. The number of aromatic amines is 1. The third kappa shape index (κ3) is 13.9. The number of para-hydroxylation sites is 1. The molecule has 0 unspecified atom stereocenters. The van der Waals surface area contributed by atoms with Crippen LogP contribution in [0.4, 0.5) is 4.79 Å². The molecule has 10 N–H and O–H groups in total. The zero-order valence-electron chi connectivity index (χ0n) is 31.4. The summed E-state index contributed by atoms with van der Waals surface area (Å²) in [6.45, 7) is 13.9. The lowest BCUT2D eigenvalue weighted by molar-refractivity contribution is -0.142. The molecule has 1 aromatic heterocycles. The van der Waals surface area contributed by atoms with E-state index in [0.29, 0.717) is 12.0 Å². The van der Waals surface area contributed by atoms with Crippen LogP contribution in [0.2, 0.25) is 0 Å². The second-order valence-corrected chi connectivity index (χ2v) is 14.9. The molecule has 16 nitrogen and oxygen atoms in total. The molecule has 52 heavy (non-hydrogen) atoms. The average Bonchev–Trinajstić information content (AvgIpc) is 3.44. The van der Waals surface area contributed by atoms with Crippen molar-refractivity contribution < 1.29 is 38.6 Å². The third-order valence-electron chi connectivity index (χ3n) is 8.23. The van der Waals surface area contributed by atoms with Gasteiger partial charge in [-0.25, -0.2) is 4.79 Å². The summed E-state index contributed by atoms with van der Waals surface area (Å²) in [6, 6.07) is 2.33. The van der Waals surface area contributed by atoms with Crippen molar-refractivity contribution in [3.8, 4) is 0 Å². The van der Waals surface area contributed by atoms with E-state index in [1.807, 2.05) is 31.2 Å². The van der Waals surface area contributed by atoms with Gasteiger partial charge in [-0.3, -0.25) is 29.0 Å². The number of carboxylic acid groups (broad SMARTS) is 1. The Bertz CT molecular complexity index is 1600. The van der Waals surface area contributed by atoms with Gasteiger partial charge in [0.25, 0.3) is 0 Å². The zero-order chi connectivity index (χ0) is 39.4. The van der Waals surface area contributed by atoms with Crippen LogP contribution in [0.15, 0.2) is 35.5 Å². The van der Waals surface area contributed by atoms with Gasteiger partial charge in [-0.15, -0.1) is 0 Å². The lowest BCUT2D eigenvalue weighted by atomic mass is 9.81. The number of amides is 4. The maximum atomic E-state index is 13.9. The summed E-state index contributed by atoms with van der Waals surface area (Å²) in [7, 11) is 0. The SMILES string of the molecule is CC[C@H](C)[C@H](NC(=O)[C@H](CC(=O)O)NC(=O)[C@H](CCCN=C(N)N)NC(=O)[C@H](Cc1c[nH]c2ccccc12)NC(=O)OC(C)(C)C)C(=O)C(C)(C)C. The number of Topliss-reactive ketones (excluding diaryl/α,β-unsaturated/α-hetero) is 1. The van der Waals surface area contributed by atoms with Crippen molar-refractivity contribution in [1.82, 2.24) is 26.3 Å². The van der Waals surface area contributed by atoms with Gasteiger partial charge in [-0.05, 0) is 51.2 Å². The fraction of sp³-hybridized carbons (Fsp3) is 0.583. The molecule has 0 fully saturated rings. The Labute approximate surface area is 304 Å². The van der Waals surface area contributed by atoms with E-state index in [2.05, 4.69) is 31.2 Å². The highest BCUT2D eigenvalue weighted by Crippen LogP contribution is 2.23. The van der Waals surface area contributed by atoms with Crippen LogP contribution in [-0.4, -0.2) is 87.9 Å². The number of nitrogens with two attached hydrogens (primary N) is 2. The molecular formula is C36H56N8O8. The Morgan fingerprint density at radius 2 is 1.48 bits per heavy atom. The van der Waals surface area contributed by atoms with Crippen LogP contribution in [0, 0.1) is 11.3 Å². The van der Waals surface area contributed by atoms with E-state index in [1.54, 1.807) is 54.7 Å². The Morgan fingerprint density at radius 1 is 0.885 bits per heavy atom. The minimum absolute atomic E-state index is 0.0142. The first-order chi connectivity index (χ1) is 24.1. The predicted molar refractivity (Wildman–Crippen MR) is 197 cm³/mol. The quantitative estimate of drug-likeness (QED) is 0.0631. The highest BCUT2D eigenvalue weighted by Gasteiger charge is 2.37. The van der Waals surface area contributed by atoms with Crippen LogP contribution < -0.4 is 32.7 Å². The molecule has 0 aliphatic carbocycles. The number of benzene rings is 1. The molecular weight excluding hydrogens is 672 g/mol. The molecule has 0 spiro atoms. The number of aliphatic imine (C=N–C) groups is 1. The molecule has 0 radical (unpaired) electrons. The van der Waals surface area contributed by atoms with Gasteiger partial charge in [0.15, 0.2) is 11.7 Å². The fourth-order valence-electron chi connectivity index (χ4n) is 5.30. The smallest absolute Gasteiger partial charge is 0.408 e. The first kappa shape index (κ1) is 43.0. The summed E-state index contributed by atoms with van der Waals surface area (Å²) in [6.07, 6.45) is 0.790. The molecule has 2 rings (SSSR count). The van der Waals surface area contributed by atoms with Crippen molar-refractivity contribution in [3.05, 3.63) is 36.0 Å². The number of nitrogens with zero attached hydrogens (tertiary/aromatic N) is 1. The third-order valence-corrected chi connectivity index (χ3v) is 8.23. The van der Waals surface area contributed by atoms with Crippen LogP contribution in [0.5, 0.6) is 0 Å². The number of aromatic nitrogens is 1. The number of hydrogen-bond donors (Lipinski definition) is 8. The number of nitrogens with one attached hydrogen (secondary N) is 5. The highest BCUT2D eigenvalue weighted by atomic mass is 16.6. The van der Waals surface area contributed by atoms with E-state index in [-0.39, 0.29) is 43.5 Å². The van der Waals surface area contributed by atoms with E-state index in [9.17, 15) is 33.9 Å². The number of ether oxygens (including phenoxy) is 1. The van der Waals surface area contributed by atoms with Crippen molar-refractivity contribution in [3.63, 3.8) is 0 Å². The molecule has 0 bridgehead atoms. The van der Waals surface area contributed by atoms with E-state index in [4.69, 9.17) is 16.2 Å². The van der Waals surface area contributed by atoms with Gasteiger partial charge in [0.1, 0.15) is 23.7 Å². The Kier molecular flexibility index (Phi) is 15.6.